The molecular formula is C27H32N2O. The number of aromatic nitrogens is 1. The Balaban J connectivity index is 1.71. The predicted octanol–water partition coefficient (Wildman–Crippen LogP) is 5.62. The fourth-order valence-electron chi connectivity index (χ4n) is 4.02. The van der Waals surface area contributed by atoms with Gasteiger partial charge in [0.1, 0.15) is 12.4 Å². The Morgan fingerprint density at radius 3 is 2.50 bits per heavy atom. The summed E-state index contributed by atoms with van der Waals surface area (Å²) in [4.78, 5) is 4.45. The summed E-state index contributed by atoms with van der Waals surface area (Å²) >= 11 is 0. The van der Waals surface area contributed by atoms with Crippen LogP contribution in [0.5, 0.6) is 5.75 Å². The predicted molar refractivity (Wildman–Crippen MR) is 124 cm³/mol. The number of nitrogens with one attached hydrogen (secondary N) is 1. The highest BCUT2D eigenvalue weighted by molar-refractivity contribution is 5.72. The van der Waals surface area contributed by atoms with Crippen molar-refractivity contribution in [2.45, 2.75) is 52.6 Å². The van der Waals surface area contributed by atoms with Gasteiger partial charge in [0.15, 0.2) is 0 Å². The Labute approximate surface area is 180 Å². The molecule has 2 heterocycles. The molecule has 3 nitrogen and oxygen atoms in total. The zero-order valence-corrected chi connectivity index (χ0v) is 18.6. The number of aryl methyl sites for hydroxylation is 1. The average Bonchev–Trinajstić information content (AvgIpc) is 2.96. The fraction of sp³-hybridized carbons (Fsp3) is 0.370. The van der Waals surface area contributed by atoms with Crippen molar-refractivity contribution in [1.29, 1.82) is 0 Å². The molecule has 0 radical (unpaired) electrons. The Morgan fingerprint density at radius 2 is 1.73 bits per heavy atom. The molecule has 1 aromatic heterocycles. The van der Waals surface area contributed by atoms with Crippen LogP contribution in [0.2, 0.25) is 0 Å². The first-order valence-corrected chi connectivity index (χ1v) is 10.9. The maximum Gasteiger partial charge on any atom is 0.130 e. The number of nitrogens with zero attached hydrogens (tertiary/aromatic N) is 1. The number of fused-ring (bicyclic) bond motifs is 1. The van der Waals surface area contributed by atoms with Crippen molar-refractivity contribution in [1.82, 2.24) is 10.3 Å². The van der Waals surface area contributed by atoms with Crippen molar-refractivity contribution >= 4 is 0 Å². The van der Waals surface area contributed by atoms with Crippen LogP contribution < -0.4 is 10.1 Å². The first kappa shape index (κ1) is 20.6. The van der Waals surface area contributed by atoms with Crippen molar-refractivity contribution in [2.24, 2.45) is 0 Å². The molecule has 0 atom stereocenters. The maximum atomic E-state index is 6.29. The van der Waals surface area contributed by atoms with Crippen molar-refractivity contribution in [3.63, 3.8) is 0 Å². The number of hydrogen-bond donors (Lipinski definition) is 1. The van der Waals surface area contributed by atoms with Gasteiger partial charge in [0, 0.05) is 11.8 Å². The molecule has 1 N–H and O–H groups in total. The molecule has 156 valence electrons. The van der Waals surface area contributed by atoms with Gasteiger partial charge in [0.05, 0.1) is 5.69 Å². The molecule has 0 saturated heterocycles. The number of hydrogen-bond acceptors (Lipinski definition) is 3. The molecule has 1 aliphatic rings. The van der Waals surface area contributed by atoms with Gasteiger partial charge in [-0.05, 0) is 90.4 Å². The van der Waals surface area contributed by atoms with Crippen LogP contribution >= 0.6 is 0 Å². The molecule has 30 heavy (non-hydrogen) atoms. The molecular weight excluding hydrogens is 368 g/mol. The quantitative estimate of drug-likeness (QED) is 0.617. The lowest BCUT2D eigenvalue weighted by Gasteiger charge is -2.22. The molecule has 0 spiro atoms. The van der Waals surface area contributed by atoms with E-state index in [-0.39, 0.29) is 5.41 Å². The highest BCUT2D eigenvalue weighted by Gasteiger charge is 2.18. The summed E-state index contributed by atoms with van der Waals surface area (Å²) in [6.45, 7) is 11.4. The van der Waals surface area contributed by atoms with E-state index in [4.69, 9.17) is 4.74 Å². The Kier molecular flexibility index (Phi) is 5.92. The zero-order valence-electron chi connectivity index (χ0n) is 18.6. The summed E-state index contributed by atoms with van der Waals surface area (Å²) in [5.41, 5.74) is 8.85. The second kappa shape index (κ2) is 8.61. The topological polar surface area (TPSA) is 34.1 Å². The zero-order chi connectivity index (χ0) is 21.1. The minimum atomic E-state index is 0.0843. The smallest absolute Gasteiger partial charge is 0.130 e. The lowest BCUT2D eigenvalue weighted by molar-refractivity contribution is 0.302. The van der Waals surface area contributed by atoms with Crippen molar-refractivity contribution in [2.75, 3.05) is 13.1 Å². The van der Waals surface area contributed by atoms with Crippen LogP contribution in [-0.2, 0) is 24.9 Å². The van der Waals surface area contributed by atoms with Crippen LogP contribution in [-0.4, -0.2) is 18.1 Å². The minimum Gasteiger partial charge on any atom is -0.487 e. The molecule has 0 amide bonds. The van der Waals surface area contributed by atoms with Crippen LogP contribution in [0.25, 0.3) is 11.1 Å². The van der Waals surface area contributed by atoms with E-state index in [2.05, 4.69) is 80.5 Å². The molecule has 0 unspecified atom stereocenters. The van der Waals surface area contributed by atoms with Crippen molar-refractivity contribution in [3.8, 4) is 16.9 Å². The second-order valence-electron chi connectivity index (χ2n) is 9.31. The summed E-state index contributed by atoms with van der Waals surface area (Å²) in [6.07, 6.45) is 4.02. The molecule has 0 saturated carbocycles. The monoisotopic (exact) mass is 400 g/mol. The molecule has 0 bridgehead atoms. The van der Waals surface area contributed by atoms with Gasteiger partial charge in [-0.25, -0.2) is 0 Å². The Hall–Kier alpha value is -2.65. The third-order valence-electron chi connectivity index (χ3n) is 5.85. The first-order chi connectivity index (χ1) is 14.4. The van der Waals surface area contributed by atoms with E-state index in [1.54, 1.807) is 0 Å². The van der Waals surface area contributed by atoms with Crippen molar-refractivity contribution in [3.05, 3.63) is 82.7 Å². The first-order valence-electron chi connectivity index (χ1n) is 10.9. The number of pyridine rings is 1. The molecule has 1 aliphatic heterocycles. The van der Waals surface area contributed by atoms with Crippen LogP contribution in [0.4, 0.5) is 0 Å². The van der Waals surface area contributed by atoms with Gasteiger partial charge in [-0.1, -0.05) is 45.0 Å². The highest BCUT2D eigenvalue weighted by Crippen LogP contribution is 2.36. The standard InChI is InChI=1S/C27H32N2O/c1-19-9-14-29-24(15-19)18-30-26-8-7-23(27(2,3)4)17-25(26)22-6-5-20-10-12-28-13-11-21(20)16-22/h5-9,14-17,28H,10-13,18H2,1-4H3. The van der Waals surface area contributed by atoms with Crippen LogP contribution in [0, 0.1) is 6.92 Å². The molecule has 3 aromatic rings. The maximum absolute atomic E-state index is 6.29. The SMILES string of the molecule is Cc1ccnc(COc2ccc(C(C)(C)C)cc2-c2ccc3c(c2)CCNCC3)c1. The highest BCUT2D eigenvalue weighted by atomic mass is 16.5. The lowest BCUT2D eigenvalue weighted by atomic mass is 9.85. The van der Waals surface area contributed by atoms with E-state index in [0.29, 0.717) is 6.61 Å². The second-order valence-corrected chi connectivity index (χ2v) is 9.31. The van der Waals surface area contributed by atoms with Crippen LogP contribution in [0.15, 0.2) is 54.7 Å². The van der Waals surface area contributed by atoms with Crippen molar-refractivity contribution < 1.29 is 4.74 Å². The molecule has 2 aromatic carbocycles. The van der Waals surface area contributed by atoms with E-state index in [0.717, 1.165) is 42.9 Å². The van der Waals surface area contributed by atoms with Crippen LogP contribution in [0.1, 0.15) is 48.7 Å². The number of ether oxygens (including phenoxy) is 1. The summed E-state index contributed by atoms with van der Waals surface area (Å²) in [7, 11) is 0. The van der Waals surface area contributed by atoms with Gasteiger partial charge < -0.3 is 10.1 Å². The number of rotatable bonds is 4. The van der Waals surface area contributed by atoms with Crippen LogP contribution in [0.3, 0.4) is 0 Å². The lowest BCUT2D eigenvalue weighted by Crippen LogP contribution is -2.16. The van der Waals surface area contributed by atoms with E-state index >= 15 is 0 Å². The van der Waals surface area contributed by atoms with E-state index in [1.165, 1.54) is 27.8 Å². The molecule has 3 heteroatoms. The summed E-state index contributed by atoms with van der Waals surface area (Å²) < 4.78 is 6.29. The van der Waals surface area contributed by atoms with E-state index in [9.17, 15) is 0 Å². The van der Waals surface area contributed by atoms with E-state index in [1.807, 2.05) is 12.3 Å². The van der Waals surface area contributed by atoms with Gasteiger partial charge in [-0.3, -0.25) is 4.98 Å². The molecule has 0 aliphatic carbocycles. The molecule has 0 fully saturated rings. The Bertz CT molecular complexity index is 1030. The Morgan fingerprint density at radius 1 is 0.933 bits per heavy atom. The third kappa shape index (κ3) is 4.73. The van der Waals surface area contributed by atoms with E-state index < -0.39 is 0 Å². The third-order valence-corrected chi connectivity index (χ3v) is 5.85. The van der Waals surface area contributed by atoms with Gasteiger partial charge in [0.2, 0.25) is 0 Å². The number of benzene rings is 2. The molecule has 4 rings (SSSR count). The average molecular weight is 401 g/mol. The minimum absolute atomic E-state index is 0.0843. The summed E-state index contributed by atoms with van der Waals surface area (Å²) in [5, 5.41) is 3.51. The fourth-order valence-corrected chi connectivity index (χ4v) is 4.02. The van der Waals surface area contributed by atoms with Gasteiger partial charge >= 0.3 is 0 Å². The van der Waals surface area contributed by atoms with Gasteiger partial charge in [0.25, 0.3) is 0 Å². The normalized spacial score (nSPS) is 14.1. The largest absolute Gasteiger partial charge is 0.487 e. The summed E-state index contributed by atoms with van der Waals surface area (Å²) in [6, 6.07) is 17.6. The van der Waals surface area contributed by atoms with Gasteiger partial charge in [-0.15, -0.1) is 0 Å². The summed E-state index contributed by atoms with van der Waals surface area (Å²) in [5.74, 6) is 0.915. The van der Waals surface area contributed by atoms with Gasteiger partial charge in [-0.2, -0.15) is 0 Å².